The molecule has 1 atom stereocenters. The van der Waals surface area contributed by atoms with Crippen molar-refractivity contribution in [3.63, 3.8) is 0 Å². The van der Waals surface area contributed by atoms with E-state index < -0.39 is 5.54 Å². The number of benzene rings is 1. The maximum Gasteiger partial charge on any atom is 0.331 e. The van der Waals surface area contributed by atoms with Crippen LogP contribution in [0.5, 0.6) is 0 Å². The summed E-state index contributed by atoms with van der Waals surface area (Å²) in [4.78, 5) is 13.4. The van der Waals surface area contributed by atoms with Gasteiger partial charge in [0.05, 0.1) is 13.3 Å². The Morgan fingerprint density at radius 1 is 1.43 bits per heavy atom. The van der Waals surface area contributed by atoms with Crippen molar-refractivity contribution in [3.8, 4) is 0 Å². The number of likely N-dealkylation sites (N-methyl/N-ethyl adjacent to an activating group) is 1. The fourth-order valence-corrected chi connectivity index (χ4v) is 3.30. The second kappa shape index (κ2) is 6.78. The summed E-state index contributed by atoms with van der Waals surface area (Å²) in [5.41, 5.74) is 0.00649. The average molecular weight is 305 g/mol. The van der Waals surface area contributed by atoms with E-state index in [1.54, 1.807) is 29.7 Å². The molecule has 0 fully saturated rings. The monoisotopic (exact) mass is 305 g/mol. The lowest BCUT2D eigenvalue weighted by molar-refractivity contribution is -0.147. The van der Waals surface area contributed by atoms with Crippen LogP contribution in [0.3, 0.4) is 0 Å². The molecule has 21 heavy (non-hydrogen) atoms. The Bertz CT molecular complexity index is 600. The van der Waals surface area contributed by atoms with Crippen LogP contribution in [-0.2, 0) is 22.1 Å². The molecule has 0 aliphatic rings. The molecule has 0 bridgehead atoms. The van der Waals surface area contributed by atoms with Crippen LogP contribution in [0.2, 0.25) is 0 Å². The normalized spacial score (nSPS) is 13.7. The molecule has 0 saturated heterocycles. The van der Waals surface area contributed by atoms with Gasteiger partial charge in [-0.3, -0.25) is 4.68 Å². The maximum absolute atomic E-state index is 12.4. The molecular weight excluding hydrogens is 286 g/mol. The van der Waals surface area contributed by atoms with Gasteiger partial charge in [0.25, 0.3) is 0 Å². The van der Waals surface area contributed by atoms with Crippen molar-refractivity contribution in [2.45, 2.75) is 10.4 Å². The Labute approximate surface area is 128 Å². The van der Waals surface area contributed by atoms with Crippen molar-refractivity contribution in [2.75, 3.05) is 19.9 Å². The largest absolute Gasteiger partial charge is 0.467 e. The van der Waals surface area contributed by atoms with Crippen LogP contribution in [-0.4, -0.2) is 35.7 Å². The number of nitrogens with zero attached hydrogens (tertiary/aromatic N) is 2. The van der Waals surface area contributed by atoms with Gasteiger partial charge in [0.15, 0.2) is 5.54 Å². The number of aromatic nitrogens is 2. The van der Waals surface area contributed by atoms with Crippen LogP contribution >= 0.6 is 11.8 Å². The summed E-state index contributed by atoms with van der Waals surface area (Å²) in [6, 6.07) is 9.61. The van der Waals surface area contributed by atoms with Gasteiger partial charge in [-0.05, 0) is 12.6 Å². The number of esters is 1. The number of carbonyl (C=O) groups is 1. The van der Waals surface area contributed by atoms with Crippen LogP contribution in [0.1, 0.15) is 5.56 Å². The predicted octanol–water partition coefficient (Wildman–Crippen LogP) is 1.80. The molecule has 2 rings (SSSR count). The smallest absolute Gasteiger partial charge is 0.331 e. The summed E-state index contributed by atoms with van der Waals surface area (Å²) in [7, 11) is 5.05. The number of carbonyl (C=O) groups excluding carboxylic acids is 1. The zero-order valence-electron chi connectivity index (χ0n) is 12.4. The molecule has 1 aromatic carbocycles. The van der Waals surface area contributed by atoms with E-state index in [4.69, 9.17) is 4.74 Å². The lowest BCUT2D eigenvalue weighted by Crippen LogP contribution is -2.50. The molecule has 1 heterocycles. The average Bonchev–Trinajstić information content (AvgIpc) is 2.94. The first-order chi connectivity index (χ1) is 10.1. The van der Waals surface area contributed by atoms with Crippen molar-refractivity contribution in [2.24, 2.45) is 7.05 Å². The summed E-state index contributed by atoms with van der Waals surface area (Å²) in [6.07, 6.45) is 3.71. The minimum atomic E-state index is -0.878. The fraction of sp³-hybridized carbons (Fsp3) is 0.333. The predicted molar refractivity (Wildman–Crippen MR) is 83.1 cm³/mol. The number of rotatable bonds is 6. The lowest BCUT2D eigenvalue weighted by atomic mass is 9.92. The van der Waals surface area contributed by atoms with Gasteiger partial charge >= 0.3 is 5.97 Å². The summed E-state index contributed by atoms with van der Waals surface area (Å²) in [5.74, 6) is 0.221. The highest BCUT2D eigenvalue weighted by atomic mass is 32.2. The van der Waals surface area contributed by atoms with Crippen molar-refractivity contribution >= 4 is 17.7 Å². The number of hydrogen-bond donors (Lipinski definition) is 1. The summed E-state index contributed by atoms with van der Waals surface area (Å²) in [6.45, 7) is 0. The zero-order chi connectivity index (χ0) is 15.3. The third kappa shape index (κ3) is 3.28. The van der Waals surface area contributed by atoms with Gasteiger partial charge in [-0.25, -0.2) is 4.79 Å². The molecule has 1 aromatic heterocycles. The maximum atomic E-state index is 12.4. The first kappa shape index (κ1) is 15.6. The molecule has 5 nitrogen and oxygen atoms in total. The zero-order valence-corrected chi connectivity index (χ0v) is 13.2. The SMILES string of the molecule is CNC(CSc1cnn(C)c1)(C(=O)OC)c1ccccc1. The summed E-state index contributed by atoms with van der Waals surface area (Å²) >= 11 is 1.56. The molecule has 0 radical (unpaired) electrons. The molecule has 0 saturated carbocycles. The highest BCUT2D eigenvalue weighted by Crippen LogP contribution is 2.30. The quantitative estimate of drug-likeness (QED) is 0.651. The number of ether oxygens (including phenoxy) is 1. The third-order valence-corrected chi connectivity index (χ3v) is 4.49. The highest BCUT2D eigenvalue weighted by molar-refractivity contribution is 7.99. The van der Waals surface area contributed by atoms with E-state index in [0.29, 0.717) is 5.75 Å². The third-order valence-electron chi connectivity index (χ3n) is 3.36. The minimum Gasteiger partial charge on any atom is -0.467 e. The van der Waals surface area contributed by atoms with Gasteiger partial charge in [-0.1, -0.05) is 30.3 Å². The van der Waals surface area contributed by atoms with Gasteiger partial charge in [0.1, 0.15) is 0 Å². The summed E-state index contributed by atoms with van der Waals surface area (Å²) < 4.78 is 6.76. The van der Waals surface area contributed by atoms with Crippen LogP contribution in [0.25, 0.3) is 0 Å². The van der Waals surface area contributed by atoms with E-state index in [-0.39, 0.29) is 5.97 Å². The Kier molecular flexibility index (Phi) is 5.03. The number of thioether (sulfide) groups is 1. The van der Waals surface area contributed by atoms with E-state index in [9.17, 15) is 4.79 Å². The molecule has 0 amide bonds. The molecule has 0 spiro atoms. The Morgan fingerprint density at radius 3 is 2.67 bits per heavy atom. The van der Waals surface area contributed by atoms with Crippen molar-refractivity contribution in [1.29, 1.82) is 0 Å². The molecule has 2 aromatic rings. The van der Waals surface area contributed by atoms with Crippen molar-refractivity contribution in [1.82, 2.24) is 15.1 Å². The molecular formula is C15H19N3O2S. The number of aryl methyl sites for hydroxylation is 1. The molecule has 0 aliphatic heterocycles. The molecule has 0 aliphatic carbocycles. The van der Waals surface area contributed by atoms with Gasteiger partial charge in [-0.15, -0.1) is 11.8 Å². The van der Waals surface area contributed by atoms with E-state index >= 15 is 0 Å². The molecule has 1 N–H and O–H groups in total. The first-order valence-corrected chi connectivity index (χ1v) is 7.55. The number of hydrogen-bond acceptors (Lipinski definition) is 5. The molecule has 112 valence electrons. The topological polar surface area (TPSA) is 56.2 Å². The van der Waals surface area contributed by atoms with Crippen LogP contribution in [0.15, 0.2) is 47.6 Å². The van der Waals surface area contributed by atoms with Gasteiger partial charge < -0.3 is 10.1 Å². The lowest BCUT2D eigenvalue weighted by Gasteiger charge is -2.30. The van der Waals surface area contributed by atoms with Crippen LogP contribution in [0, 0.1) is 0 Å². The Morgan fingerprint density at radius 2 is 2.14 bits per heavy atom. The van der Waals surface area contributed by atoms with E-state index in [2.05, 4.69) is 10.4 Å². The minimum absolute atomic E-state index is 0.299. The highest BCUT2D eigenvalue weighted by Gasteiger charge is 2.40. The van der Waals surface area contributed by atoms with Gasteiger partial charge in [0, 0.05) is 23.9 Å². The van der Waals surface area contributed by atoms with Crippen molar-refractivity contribution in [3.05, 3.63) is 48.3 Å². The molecule has 1 unspecified atom stereocenters. The number of nitrogens with one attached hydrogen (secondary N) is 1. The second-order valence-electron chi connectivity index (χ2n) is 4.65. The van der Waals surface area contributed by atoms with Gasteiger partial charge in [0.2, 0.25) is 0 Å². The van der Waals surface area contributed by atoms with Crippen molar-refractivity contribution < 1.29 is 9.53 Å². The second-order valence-corrected chi connectivity index (χ2v) is 5.70. The standard InChI is InChI=1S/C15H19N3O2S/c1-16-15(14(19)20-3,12-7-5-4-6-8-12)11-21-13-9-17-18(2)10-13/h4-10,16H,11H2,1-3H3. The fourth-order valence-electron chi connectivity index (χ4n) is 2.14. The number of methoxy groups -OCH3 is 1. The Balaban J connectivity index is 2.29. The van der Waals surface area contributed by atoms with Crippen LogP contribution in [0.4, 0.5) is 0 Å². The van der Waals surface area contributed by atoms with Gasteiger partial charge in [-0.2, -0.15) is 5.10 Å². The van der Waals surface area contributed by atoms with E-state index in [1.165, 1.54) is 7.11 Å². The van der Waals surface area contributed by atoms with E-state index in [1.807, 2.05) is 43.6 Å². The summed E-state index contributed by atoms with van der Waals surface area (Å²) in [5, 5.41) is 7.28. The molecule has 6 heteroatoms. The Hall–Kier alpha value is -1.79. The first-order valence-electron chi connectivity index (χ1n) is 6.56. The van der Waals surface area contributed by atoms with E-state index in [0.717, 1.165) is 10.5 Å². The van der Waals surface area contributed by atoms with Crippen LogP contribution < -0.4 is 5.32 Å².